The number of aromatic nitrogens is 3. The maximum atomic E-state index is 15.4. The van der Waals surface area contributed by atoms with Crippen LogP contribution in [0.4, 0.5) is 10.2 Å². The summed E-state index contributed by atoms with van der Waals surface area (Å²) < 4.78 is 35.3. The van der Waals surface area contributed by atoms with Gasteiger partial charge in [0, 0.05) is 37.7 Å². The van der Waals surface area contributed by atoms with Crippen molar-refractivity contribution in [3.8, 4) is 17.2 Å². The first kappa shape index (κ1) is 23.6. The Kier molecular flexibility index (Phi) is 5.56. The van der Waals surface area contributed by atoms with Gasteiger partial charge >= 0.3 is 0 Å². The highest BCUT2D eigenvalue weighted by Crippen LogP contribution is 2.44. The van der Waals surface area contributed by atoms with Crippen molar-refractivity contribution >= 4 is 42.9 Å². The van der Waals surface area contributed by atoms with Crippen LogP contribution in [0.25, 0.3) is 5.65 Å². The Morgan fingerprint density at radius 3 is 2.60 bits per heavy atom. The van der Waals surface area contributed by atoms with E-state index >= 15 is 4.39 Å². The Hall–Kier alpha value is -3.10. The fourth-order valence-corrected chi connectivity index (χ4v) is 4.51. The first-order valence-electron chi connectivity index (χ1n) is 11.9. The summed E-state index contributed by atoms with van der Waals surface area (Å²) >= 11 is 0. The average Bonchev–Trinajstić information content (AvgIpc) is 2.75. The predicted octanol–water partition coefficient (Wildman–Crippen LogP) is -1.34. The van der Waals surface area contributed by atoms with Gasteiger partial charge in [0.2, 0.25) is 0 Å². The van der Waals surface area contributed by atoms with Crippen LogP contribution < -0.4 is 24.7 Å². The topological polar surface area (TPSA) is 78.2 Å². The molecular formula is C22H27B4FN4O4. The lowest BCUT2D eigenvalue weighted by Crippen LogP contribution is -2.65. The summed E-state index contributed by atoms with van der Waals surface area (Å²) in [6.07, 6.45) is 0.613. The molecule has 0 aliphatic carbocycles. The molecule has 2 aliphatic heterocycles. The van der Waals surface area contributed by atoms with E-state index in [1.807, 2.05) is 57.4 Å². The van der Waals surface area contributed by atoms with E-state index in [-0.39, 0.29) is 18.1 Å². The lowest BCUT2D eigenvalue weighted by Gasteiger charge is -2.48. The van der Waals surface area contributed by atoms with Crippen LogP contribution in [-0.2, 0) is 0 Å². The Morgan fingerprint density at radius 2 is 1.86 bits per heavy atom. The smallest absolute Gasteiger partial charge is 0.274 e. The number of anilines is 1. The van der Waals surface area contributed by atoms with Crippen LogP contribution in [0, 0.1) is 13.8 Å². The van der Waals surface area contributed by atoms with E-state index in [2.05, 4.69) is 10.1 Å². The first-order valence-corrected chi connectivity index (χ1v) is 11.9. The molecule has 1 saturated heterocycles. The molecule has 13 heteroatoms. The molecule has 1 aromatic carbocycles. The third-order valence-electron chi connectivity index (χ3n) is 7.19. The molecule has 2 atom stereocenters. The number of hydrogen-bond acceptors (Lipinski definition) is 7. The van der Waals surface area contributed by atoms with Crippen molar-refractivity contribution in [2.75, 3.05) is 11.4 Å². The molecule has 0 spiro atoms. The van der Waals surface area contributed by atoms with Crippen molar-refractivity contribution in [3.63, 3.8) is 0 Å². The Balaban J connectivity index is 1.34. The molecule has 0 saturated carbocycles. The fraction of sp³-hybridized carbons (Fsp3) is 0.409. The number of halogens is 1. The Labute approximate surface area is 206 Å². The van der Waals surface area contributed by atoms with E-state index < -0.39 is 17.1 Å². The lowest BCUT2D eigenvalue weighted by atomic mass is 9.41. The van der Waals surface area contributed by atoms with Gasteiger partial charge in [-0.15, -0.1) is 5.10 Å². The van der Waals surface area contributed by atoms with Crippen LogP contribution in [0.2, 0.25) is 0 Å². The Bertz CT molecular complexity index is 1370. The monoisotopic (exact) mass is 474 g/mol. The molecule has 4 heterocycles. The maximum Gasteiger partial charge on any atom is 0.274 e. The third-order valence-corrected chi connectivity index (χ3v) is 7.19. The number of fused-ring (bicyclic) bond motifs is 2. The highest BCUT2D eigenvalue weighted by molar-refractivity contribution is 6.53. The second-order valence-electron chi connectivity index (χ2n) is 10.4. The van der Waals surface area contributed by atoms with E-state index in [4.69, 9.17) is 14.2 Å². The van der Waals surface area contributed by atoms with E-state index in [9.17, 15) is 4.79 Å². The summed E-state index contributed by atoms with van der Waals surface area (Å²) in [5.74, 6) is 2.42. The normalized spacial score (nSPS) is 22.7. The summed E-state index contributed by atoms with van der Waals surface area (Å²) in [4.78, 5) is 17.9. The van der Waals surface area contributed by atoms with Gasteiger partial charge in [-0.1, -0.05) is 0 Å². The van der Waals surface area contributed by atoms with Crippen LogP contribution >= 0.6 is 0 Å². The highest BCUT2D eigenvalue weighted by atomic mass is 19.1. The number of rotatable bonds is 3. The molecule has 2 aromatic heterocycles. The van der Waals surface area contributed by atoms with Crippen LogP contribution in [-0.4, -0.2) is 75.7 Å². The molecule has 0 amide bonds. The third kappa shape index (κ3) is 4.15. The second kappa shape index (κ2) is 8.24. The zero-order chi connectivity index (χ0) is 25.1. The maximum absolute atomic E-state index is 15.4. The highest BCUT2D eigenvalue weighted by Gasteiger charge is 2.45. The van der Waals surface area contributed by atoms with Crippen molar-refractivity contribution in [3.05, 3.63) is 51.9 Å². The Morgan fingerprint density at radius 1 is 1.11 bits per heavy atom. The standard InChI is InChI=1S/C22H27B4FN4O4/c1-11-7-14(9-15-19(11)35-22(25,26)21(23,24)34-15)33-13-4-6-30(16(27)10-13)20-12(2)8-17-28-5-3-18(32)31(17)29-20/h3,5,7-9,13,16H,4,6,10,23-26H2,1-2H3/t13-,16-/m0/s1. The van der Waals surface area contributed by atoms with E-state index in [0.29, 0.717) is 41.7 Å². The molecule has 1 fully saturated rings. The van der Waals surface area contributed by atoms with Crippen LogP contribution in [0.15, 0.2) is 35.3 Å². The van der Waals surface area contributed by atoms with E-state index in [0.717, 1.165) is 11.1 Å². The summed E-state index contributed by atoms with van der Waals surface area (Å²) in [6.45, 7) is 4.21. The van der Waals surface area contributed by atoms with Gasteiger partial charge in [0.05, 0.1) is 10.8 Å². The van der Waals surface area contributed by atoms with Gasteiger partial charge in [-0.3, -0.25) is 4.79 Å². The summed E-state index contributed by atoms with van der Waals surface area (Å²) in [6, 6.07) is 6.82. The van der Waals surface area contributed by atoms with Gasteiger partial charge in [-0.2, -0.15) is 4.52 Å². The van der Waals surface area contributed by atoms with Crippen molar-refractivity contribution in [1.29, 1.82) is 0 Å². The average molecular weight is 474 g/mol. The fourth-order valence-electron chi connectivity index (χ4n) is 4.51. The SMILES string of the molecule is BC1(B)Oc2cc(O[C@H]3CCN(c4nn5c(=O)ccnc5cc4C)[C@H](F)C3)cc(C)c2OC1(B)B. The van der Waals surface area contributed by atoms with Crippen LogP contribution in [0.5, 0.6) is 17.2 Å². The molecular weight excluding hydrogens is 447 g/mol. The quantitative estimate of drug-likeness (QED) is 0.344. The number of aryl methyl sites for hydroxylation is 2. The minimum absolute atomic E-state index is 0.174. The van der Waals surface area contributed by atoms with Crippen molar-refractivity contribution < 1.29 is 18.6 Å². The molecule has 178 valence electrons. The summed E-state index contributed by atoms with van der Waals surface area (Å²) in [5, 5.41) is 3.39. The van der Waals surface area contributed by atoms with Crippen molar-refractivity contribution in [2.24, 2.45) is 0 Å². The number of nitrogens with zero attached hydrogens (tertiary/aromatic N) is 4. The number of ether oxygens (including phenoxy) is 3. The minimum Gasteiger partial charge on any atom is -0.499 e. The van der Waals surface area contributed by atoms with Gasteiger partial charge in [-0.05, 0) is 37.1 Å². The van der Waals surface area contributed by atoms with Crippen LogP contribution in [0.3, 0.4) is 0 Å². The van der Waals surface area contributed by atoms with Gasteiger partial charge < -0.3 is 19.1 Å². The zero-order valence-corrected chi connectivity index (χ0v) is 21.0. The minimum atomic E-state index is -1.30. The van der Waals surface area contributed by atoms with Crippen molar-refractivity contribution in [2.45, 2.75) is 49.9 Å². The molecule has 2 aliphatic rings. The second-order valence-corrected chi connectivity index (χ2v) is 10.4. The zero-order valence-electron chi connectivity index (χ0n) is 21.0. The molecule has 0 radical (unpaired) electrons. The van der Waals surface area contributed by atoms with Gasteiger partial charge in [-0.25, -0.2) is 9.37 Å². The van der Waals surface area contributed by atoms with Crippen LogP contribution in [0.1, 0.15) is 24.0 Å². The summed E-state index contributed by atoms with van der Waals surface area (Å²) in [7, 11) is 8.01. The molecule has 0 bridgehead atoms. The predicted molar refractivity (Wildman–Crippen MR) is 142 cm³/mol. The van der Waals surface area contributed by atoms with Gasteiger partial charge in [0.1, 0.15) is 43.2 Å². The molecule has 5 rings (SSSR count). The van der Waals surface area contributed by atoms with E-state index in [1.165, 1.54) is 16.8 Å². The molecule has 8 nitrogen and oxygen atoms in total. The number of alkyl halides is 1. The van der Waals surface area contributed by atoms with E-state index in [1.54, 1.807) is 11.0 Å². The molecule has 3 aromatic rings. The van der Waals surface area contributed by atoms with Crippen molar-refractivity contribution in [1.82, 2.24) is 14.6 Å². The lowest BCUT2D eigenvalue weighted by molar-refractivity contribution is 0.0596. The number of benzene rings is 1. The first-order chi connectivity index (χ1) is 16.4. The van der Waals surface area contributed by atoms with Gasteiger partial charge in [0.15, 0.2) is 29.3 Å². The summed E-state index contributed by atoms with van der Waals surface area (Å²) in [5.41, 5.74) is 1.81. The largest absolute Gasteiger partial charge is 0.499 e. The number of hydrogen-bond donors (Lipinski definition) is 0. The van der Waals surface area contributed by atoms with Gasteiger partial charge in [0.25, 0.3) is 5.56 Å². The molecule has 0 unspecified atom stereocenters. The number of piperidine rings is 1. The molecule has 35 heavy (non-hydrogen) atoms. The molecule has 0 N–H and O–H groups in total.